The Morgan fingerprint density at radius 2 is 2.25 bits per heavy atom. The zero-order valence-electron chi connectivity index (χ0n) is 9.32. The van der Waals surface area contributed by atoms with Crippen LogP contribution >= 0.6 is 0 Å². The fraction of sp³-hybridized carbons (Fsp3) is 0.538. The van der Waals surface area contributed by atoms with Crippen LogP contribution in [-0.2, 0) is 11.2 Å². The fourth-order valence-electron chi connectivity index (χ4n) is 2.63. The van der Waals surface area contributed by atoms with Crippen LogP contribution in [0, 0.1) is 5.92 Å². The molecule has 0 amide bonds. The number of ether oxygens (including phenoxy) is 2. The van der Waals surface area contributed by atoms with Crippen LogP contribution in [0.1, 0.15) is 23.7 Å². The smallest absolute Gasteiger partial charge is 0.122 e. The molecule has 0 aromatic heterocycles. The van der Waals surface area contributed by atoms with Crippen molar-refractivity contribution >= 4 is 0 Å². The van der Waals surface area contributed by atoms with E-state index in [1.165, 1.54) is 11.1 Å². The van der Waals surface area contributed by atoms with E-state index in [0.717, 1.165) is 31.8 Å². The molecule has 0 radical (unpaired) electrons. The molecule has 0 saturated carbocycles. The molecule has 3 heteroatoms. The largest absolute Gasteiger partial charge is 0.493 e. The summed E-state index contributed by atoms with van der Waals surface area (Å²) in [5, 5.41) is 0. The second kappa shape index (κ2) is 4.07. The lowest BCUT2D eigenvalue weighted by atomic mass is 9.94. The van der Waals surface area contributed by atoms with Gasteiger partial charge in [0.05, 0.1) is 12.7 Å². The van der Waals surface area contributed by atoms with Crippen molar-refractivity contribution in [2.24, 2.45) is 11.7 Å². The third-order valence-electron chi connectivity index (χ3n) is 3.56. The van der Waals surface area contributed by atoms with Crippen LogP contribution < -0.4 is 10.5 Å². The van der Waals surface area contributed by atoms with Crippen LogP contribution in [-0.4, -0.2) is 19.8 Å². The average molecular weight is 219 g/mol. The molecule has 2 aliphatic rings. The van der Waals surface area contributed by atoms with Gasteiger partial charge < -0.3 is 15.2 Å². The van der Waals surface area contributed by atoms with Crippen molar-refractivity contribution in [3.05, 3.63) is 29.3 Å². The maximum atomic E-state index is 5.78. The van der Waals surface area contributed by atoms with Crippen molar-refractivity contribution in [3.8, 4) is 5.75 Å². The molecule has 0 spiro atoms. The Balaban J connectivity index is 1.89. The molecular formula is C13H17NO2. The van der Waals surface area contributed by atoms with Crippen LogP contribution in [0.25, 0.3) is 0 Å². The van der Waals surface area contributed by atoms with Gasteiger partial charge in [0.2, 0.25) is 0 Å². The third kappa shape index (κ3) is 1.60. The van der Waals surface area contributed by atoms with Gasteiger partial charge in [-0.3, -0.25) is 0 Å². The van der Waals surface area contributed by atoms with Crippen molar-refractivity contribution in [1.82, 2.24) is 0 Å². The van der Waals surface area contributed by atoms with Gasteiger partial charge in [0.25, 0.3) is 0 Å². The summed E-state index contributed by atoms with van der Waals surface area (Å²) in [7, 11) is 0. The summed E-state index contributed by atoms with van der Waals surface area (Å²) in [6, 6.07) is 6.40. The molecule has 1 saturated heterocycles. The molecule has 3 rings (SSSR count). The lowest BCUT2D eigenvalue weighted by Gasteiger charge is -2.17. The number of hydrogen-bond acceptors (Lipinski definition) is 3. The Morgan fingerprint density at radius 1 is 1.31 bits per heavy atom. The molecule has 2 N–H and O–H groups in total. The van der Waals surface area contributed by atoms with Crippen LogP contribution in [0.5, 0.6) is 5.75 Å². The second-order valence-corrected chi connectivity index (χ2v) is 4.54. The molecule has 2 atom stereocenters. The van der Waals surface area contributed by atoms with Gasteiger partial charge in [-0.05, 0) is 36.2 Å². The maximum absolute atomic E-state index is 5.78. The molecule has 2 unspecified atom stereocenters. The summed E-state index contributed by atoms with van der Waals surface area (Å²) in [5.74, 6) is 1.51. The van der Waals surface area contributed by atoms with Gasteiger partial charge in [0.1, 0.15) is 5.75 Å². The van der Waals surface area contributed by atoms with Gasteiger partial charge in [0, 0.05) is 18.9 Å². The summed E-state index contributed by atoms with van der Waals surface area (Å²) in [4.78, 5) is 0. The molecule has 2 heterocycles. The first-order chi connectivity index (χ1) is 7.88. The molecule has 1 aromatic rings. The summed E-state index contributed by atoms with van der Waals surface area (Å²) in [5.41, 5.74) is 8.34. The lowest BCUT2D eigenvalue weighted by Crippen LogP contribution is -2.17. The summed E-state index contributed by atoms with van der Waals surface area (Å²) in [6.07, 6.45) is 2.29. The summed E-state index contributed by atoms with van der Waals surface area (Å²) < 4.78 is 11.3. The van der Waals surface area contributed by atoms with Gasteiger partial charge in [-0.15, -0.1) is 0 Å². The van der Waals surface area contributed by atoms with E-state index in [9.17, 15) is 0 Å². The lowest BCUT2D eigenvalue weighted by molar-refractivity contribution is 0.0924. The van der Waals surface area contributed by atoms with Crippen LogP contribution in [0.2, 0.25) is 0 Å². The highest BCUT2D eigenvalue weighted by molar-refractivity contribution is 5.40. The van der Waals surface area contributed by atoms with E-state index < -0.39 is 0 Å². The molecule has 2 aliphatic heterocycles. The van der Waals surface area contributed by atoms with Gasteiger partial charge in [0.15, 0.2) is 0 Å². The van der Waals surface area contributed by atoms with Crippen molar-refractivity contribution < 1.29 is 9.47 Å². The minimum absolute atomic E-state index is 0.191. The number of benzene rings is 1. The maximum Gasteiger partial charge on any atom is 0.122 e. The predicted octanol–water partition coefficient (Wildman–Crippen LogP) is 1.66. The Labute approximate surface area is 95.5 Å². The first-order valence-electron chi connectivity index (χ1n) is 5.96. The first kappa shape index (κ1) is 10.1. The zero-order chi connectivity index (χ0) is 11.0. The topological polar surface area (TPSA) is 44.5 Å². The third-order valence-corrected chi connectivity index (χ3v) is 3.56. The molecular weight excluding hydrogens is 202 g/mol. The number of hydrogen-bond donors (Lipinski definition) is 1. The van der Waals surface area contributed by atoms with E-state index in [0.29, 0.717) is 12.5 Å². The minimum Gasteiger partial charge on any atom is -0.493 e. The quantitative estimate of drug-likeness (QED) is 0.822. The number of nitrogens with two attached hydrogens (primary N) is 1. The Morgan fingerprint density at radius 3 is 3.12 bits per heavy atom. The van der Waals surface area contributed by atoms with Crippen molar-refractivity contribution in [1.29, 1.82) is 0 Å². The summed E-state index contributed by atoms with van der Waals surface area (Å²) in [6.45, 7) is 2.35. The molecule has 16 heavy (non-hydrogen) atoms. The van der Waals surface area contributed by atoms with Gasteiger partial charge in [-0.2, -0.15) is 0 Å². The molecule has 3 nitrogen and oxygen atoms in total. The van der Waals surface area contributed by atoms with Crippen molar-refractivity contribution in [3.63, 3.8) is 0 Å². The summed E-state index contributed by atoms with van der Waals surface area (Å²) >= 11 is 0. The highest BCUT2D eigenvalue weighted by atomic mass is 16.5. The van der Waals surface area contributed by atoms with E-state index >= 15 is 0 Å². The van der Waals surface area contributed by atoms with E-state index in [-0.39, 0.29) is 6.10 Å². The highest BCUT2D eigenvalue weighted by Gasteiger charge is 2.29. The zero-order valence-corrected chi connectivity index (χ0v) is 9.32. The highest BCUT2D eigenvalue weighted by Crippen LogP contribution is 2.36. The second-order valence-electron chi connectivity index (χ2n) is 4.54. The normalized spacial score (nSPS) is 27.8. The standard InChI is InChI=1S/C13H17NO2/c14-8-11-4-6-16-13(11)10-1-2-12-9(7-10)3-5-15-12/h1-2,7,11,13H,3-6,8,14H2. The van der Waals surface area contributed by atoms with Crippen LogP contribution in [0.3, 0.4) is 0 Å². The Hall–Kier alpha value is -1.06. The molecule has 0 aliphatic carbocycles. The van der Waals surface area contributed by atoms with E-state index in [1.54, 1.807) is 0 Å². The van der Waals surface area contributed by atoms with E-state index in [4.69, 9.17) is 15.2 Å². The van der Waals surface area contributed by atoms with Gasteiger partial charge >= 0.3 is 0 Å². The minimum atomic E-state index is 0.191. The monoisotopic (exact) mass is 219 g/mol. The van der Waals surface area contributed by atoms with Gasteiger partial charge in [-0.25, -0.2) is 0 Å². The Kier molecular flexibility index (Phi) is 2.58. The Bertz CT molecular complexity index is 392. The predicted molar refractivity (Wildman–Crippen MR) is 61.5 cm³/mol. The fourth-order valence-corrected chi connectivity index (χ4v) is 2.63. The van der Waals surface area contributed by atoms with Crippen LogP contribution in [0.15, 0.2) is 18.2 Å². The SMILES string of the molecule is NCC1CCOC1c1ccc2c(c1)CCO2. The number of rotatable bonds is 2. The van der Waals surface area contributed by atoms with Crippen molar-refractivity contribution in [2.45, 2.75) is 18.9 Å². The molecule has 1 aromatic carbocycles. The number of fused-ring (bicyclic) bond motifs is 1. The van der Waals surface area contributed by atoms with E-state index in [1.807, 2.05) is 0 Å². The molecule has 86 valence electrons. The molecule has 1 fully saturated rings. The van der Waals surface area contributed by atoms with Gasteiger partial charge in [-0.1, -0.05) is 6.07 Å². The van der Waals surface area contributed by atoms with Crippen LogP contribution in [0.4, 0.5) is 0 Å². The first-order valence-corrected chi connectivity index (χ1v) is 5.96. The van der Waals surface area contributed by atoms with Crippen molar-refractivity contribution in [2.75, 3.05) is 19.8 Å². The van der Waals surface area contributed by atoms with E-state index in [2.05, 4.69) is 18.2 Å². The average Bonchev–Trinajstić information content (AvgIpc) is 2.96. The molecule has 0 bridgehead atoms.